The zero-order chi connectivity index (χ0) is 13.2. The second-order valence-corrected chi connectivity index (χ2v) is 4.96. The van der Waals surface area contributed by atoms with E-state index in [-0.39, 0.29) is 0 Å². The van der Waals surface area contributed by atoms with Gasteiger partial charge in [0.1, 0.15) is 0 Å². The molecule has 1 heterocycles. The molecular weight excluding hydrogens is 228 g/mol. The standard InChI is InChI=1S/C14H30N2O2/c1-4-17-10-8-16(9-11-18-5-2)14-6-7-15-13(3)12-14/h13-15H,4-12H2,1-3H3. The molecule has 4 heteroatoms. The molecule has 0 aliphatic carbocycles. The maximum Gasteiger partial charge on any atom is 0.0593 e. The molecule has 2 unspecified atom stereocenters. The van der Waals surface area contributed by atoms with Gasteiger partial charge in [-0.2, -0.15) is 0 Å². The summed E-state index contributed by atoms with van der Waals surface area (Å²) >= 11 is 0. The molecule has 0 aromatic heterocycles. The number of piperidine rings is 1. The van der Waals surface area contributed by atoms with Crippen LogP contribution in [0.1, 0.15) is 33.6 Å². The van der Waals surface area contributed by atoms with Crippen molar-refractivity contribution < 1.29 is 9.47 Å². The summed E-state index contributed by atoms with van der Waals surface area (Å²) in [7, 11) is 0. The normalized spacial score (nSPS) is 24.7. The Kier molecular flexibility index (Phi) is 8.59. The van der Waals surface area contributed by atoms with E-state index in [9.17, 15) is 0 Å². The average Bonchev–Trinajstić information content (AvgIpc) is 2.37. The fraction of sp³-hybridized carbons (Fsp3) is 1.00. The molecule has 0 saturated carbocycles. The smallest absolute Gasteiger partial charge is 0.0593 e. The molecule has 108 valence electrons. The second kappa shape index (κ2) is 9.73. The Labute approximate surface area is 112 Å². The van der Waals surface area contributed by atoms with Crippen LogP contribution in [-0.2, 0) is 9.47 Å². The van der Waals surface area contributed by atoms with Gasteiger partial charge in [-0.15, -0.1) is 0 Å². The van der Waals surface area contributed by atoms with Gasteiger partial charge in [0.25, 0.3) is 0 Å². The summed E-state index contributed by atoms with van der Waals surface area (Å²) in [4.78, 5) is 2.54. The van der Waals surface area contributed by atoms with E-state index in [0.717, 1.165) is 46.1 Å². The van der Waals surface area contributed by atoms with Crippen LogP contribution in [0.25, 0.3) is 0 Å². The molecule has 1 saturated heterocycles. The van der Waals surface area contributed by atoms with Crippen molar-refractivity contribution in [2.24, 2.45) is 0 Å². The van der Waals surface area contributed by atoms with Gasteiger partial charge >= 0.3 is 0 Å². The first kappa shape index (κ1) is 15.9. The molecule has 0 radical (unpaired) electrons. The van der Waals surface area contributed by atoms with E-state index in [4.69, 9.17) is 9.47 Å². The third kappa shape index (κ3) is 6.14. The molecule has 1 N–H and O–H groups in total. The van der Waals surface area contributed by atoms with E-state index < -0.39 is 0 Å². The summed E-state index contributed by atoms with van der Waals surface area (Å²) in [6.07, 6.45) is 2.47. The predicted octanol–water partition coefficient (Wildman–Crippen LogP) is 1.50. The van der Waals surface area contributed by atoms with Crippen LogP contribution in [0.15, 0.2) is 0 Å². The lowest BCUT2D eigenvalue weighted by Gasteiger charge is -2.37. The Bertz CT molecular complexity index is 192. The quantitative estimate of drug-likeness (QED) is 0.636. The molecule has 1 rings (SSSR count). The van der Waals surface area contributed by atoms with Gasteiger partial charge in [-0.1, -0.05) is 0 Å². The van der Waals surface area contributed by atoms with Crippen LogP contribution in [0.2, 0.25) is 0 Å². The van der Waals surface area contributed by atoms with Crippen molar-refractivity contribution in [2.75, 3.05) is 46.1 Å². The highest BCUT2D eigenvalue weighted by atomic mass is 16.5. The third-order valence-electron chi connectivity index (χ3n) is 3.57. The maximum atomic E-state index is 5.49. The van der Waals surface area contributed by atoms with Crippen LogP contribution in [0.3, 0.4) is 0 Å². The van der Waals surface area contributed by atoms with Crippen molar-refractivity contribution in [3.05, 3.63) is 0 Å². The van der Waals surface area contributed by atoms with Crippen molar-refractivity contribution in [3.63, 3.8) is 0 Å². The summed E-state index contributed by atoms with van der Waals surface area (Å²) in [6.45, 7) is 12.8. The first-order valence-corrected chi connectivity index (χ1v) is 7.40. The molecule has 1 aliphatic heterocycles. The fourth-order valence-electron chi connectivity index (χ4n) is 2.57. The maximum absolute atomic E-state index is 5.49. The van der Waals surface area contributed by atoms with Crippen LogP contribution in [0, 0.1) is 0 Å². The molecule has 0 bridgehead atoms. The summed E-state index contributed by atoms with van der Waals surface area (Å²) < 4.78 is 11.0. The van der Waals surface area contributed by atoms with Crippen molar-refractivity contribution in [2.45, 2.75) is 45.7 Å². The molecule has 18 heavy (non-hydrogen) atoms. The molecule has 2 atom stereocenters. The van der Waals surface area contributed by atoms with Gasteiger partial charge < -0.3 is 14.8 Å². The van der Waals surface area contributed by atoms with Gasteiger partial charge in [-0.05, 0) is 40.2 Å². The molecule has 0 spiro atoms. The van der Waals surface area contributed by atoms with Gasteiger partial charge in [0.2, 0.25) is 0 Å². The molecule has 1 fully saturated rings. The number of nitrogens with zero attached hydrogens (tertiary/aromatic N) is 1. The Balaban J connectivity index is 2.35. The second-order valence-electron chi connectivity index (χ2n) is 4.96. The van der Waals surface area contributed by atoms with Gasteiger partial charge in [0.15, 0.2) is 0 Å². The molecule has 0 aromatic rings. The monoisotopic (exact) mass is 258 g/mol. The zero-order valence-corrected chi connectivity index (χ0v) is 12.3. The number of ether oxygens (including phenoxy) is 2. The minimum atomic E-state index is 0.630. The minimum absolute atomic E-state index is 0.630. The summed E-state index contributed by atoms with van der Waals surface area (Å²) in [5.41, 5.74) is 0. The number of nitrogens with one attached hydrogen (secondary N) is 1. The van der Waals surface area contributed by atoms with Crippen molar-refractivity contribution in [3.8, 4) is 0 Å². The number of hydrogen-bond acceptors (Lipinski definition) is 4. The van der Waals surface area contributed by atoms with Gasteiger partial charge in [-0.3, -0.25) is 4.90 Å². The van der Waals surface area contributed by atoms with Crippen LogP contribution < -0.4 is 5.32 Å². The van der Waals surface area contributed by atoms with E-state index in [2.05, 4.69) is 31.0 Å². The lowest BCUT2D eigenvalue weighted by Crippen LogP contribution is -2.48. The zero-order valence-electron chi connectivity index (χ0n) is 12.3. The van der Waals surface area contributed by atoms with Gasteiger partial charge in [0, 0.05) is 38.4 Å². The lowest BCUT2D eigenvalue weighted by atomic mass is 9.99. The van der Waals surface area contributed by atoms with E-state index in [0.29, 0.717) is 12.1 Å². The summed E-state index contributed by atoms with van der Waals surface area (Å²) in [5, 5.41) is 3.51. The highest BCUT2D eigenvalue weighted by Crippen LogP contribution is 2.15. The highest BCUT2D eigenvalue weighted by Gasteiger charge is 2.23. The predicted molar refractivity (Wildman–Crippen MR) is 75.0 cm³/mol. The van der Waals surface area contributed by atoms with Crippen molar-refractivity contribution in [1.82, 2.24) is 10.2 Å². The molecular formula is C14H30N2O2. The van der Waals surface area contributed by atoms with E-state index in [1.54, 1.807) is 0 Å². The Morgan fingerprint density at radius 2 is 1.72 bits per heavy atom. The third-order valence-corrected chi connectivity index (χ3v) is 3.57. The molecule has 0 aromatic carbocycles. The van der Waals surface area contributed by atoms with Crippen molar-refractivity contribution in [1.29, 1.82) is 0 Å². The first-order valence-electron chi connectivity index (χ1n) is 7.40. The largest absolute Gasteiger partial charge is 0.380 e. The van der Waals surface area contributed by atoms with Crippen LogP contribution in [0.4, 0.5) is 0 Å². The van der Waals surface area contributed by atoms with Crippen molar-refractivity contribution >= 4 is 0 Å². The highest BCUT2D eigenvalue weighted by molar-refractivity contribution is 4.82. The summed E-state index contributed by atoms with van der Waals surface area (Å²) in [5.74, 6) is 0. The Morgan fingerprint density at radius 1 is 1.11 bits per heavy atom. The molecule has 4 nitrogen and oxygen atoms in total. The van der Waals surface area contributed by atoms with Crippen LogP contribution in [0.5, 0.6) is 0 Å². The fourth-order valence-corrected chi connectivity index (χ4v) is 2.57. The number of rotatable bonds is 9. The molecule has 0 amide bonds. The van der Waals surface area contributed by atoms with Gasteiger partial charge in [0.05, 0.1) is 13.2 Å². The first-order chi connectivity index (χ1) is 8.77. The topological polar surface area (TPSA) is 33.7 Å². The van der Waals surface area contributed by atoms with Gasteiger partial charge in [-0.25, -0.2) is 0 Å². The summed E-state index contributed by atoms with van der Waals surface area (Å²) in [6, 6.07) is 1.31. The Hall–Kier alpha value is -0.160. The molecule has 1 aliphatic rings. The van der Waals surface area contributed by atoms with Crippen LogP contribution in [-0.4, -0.2) is 63.0 Å². The van der Waals surface area contributed by atoms with E-state index >= 15 is 0 Å². The average molecular weight is 258 g/mol. The SMILES string of the molecule is CCOCCN(CCOCC)C1CCNC(C)C1. The van der Waals surface area contributed by atoms with E-state index in [1.807, 2.05) is 0 Å². The number of hydrogen-bond donors (Lipinski definition) is 1. The Morgan fingerprint density at radius 3 is 2.22 bits per heavy atom. The van der Waals surface area contributed by atoms with E-state index in [1.165, 1.54) is 12.8 Å². The minimum Gasteiger partial charge on any atom is -0.380 e. The van der Waals surface area contributed by atoms with Crippen LogP contribution >= 0.6 is 0 Å². The lowest BCUT2D eigenvalue weighted by molar-refractivity contribution is 0.0509.